The van der Waals surface area contributed by atoms with E-state index in [0.717, 1.165) is 55.8 Å². The van der Waals surface area contributed by atoms with Gasteiger partial charge in [-0.2, -0.15) is 0 Å². The third-order valence-corrected chi connectivity index (χ3v) is 13.8. The number of fused-ring (bicyclic) bond motifs is 10. The summed E-state index contributed by atoms with van der Waals surface area (Å²) in [5.74, 6) is 0. The van der Waals surface area contributed by atoms with Crippen LogP contribution in [0.3, 0.4) is 0 Å². The number of furan rings is 1. The molecule has 3 heterocycles. The molecular weight excluding hydrogens is 773 g/mol. The van der Waals surface area contributed by atoms with Crippen LogP contribution in [0.25, 0.3) is 103 Å². The zero-order chi connectivity index (χ0) is 40.7. The molecule has 0 amide bonds. The van der Waals surface area contributed by atoms with Crippen molar-refractivity contribution in [3.63, 3.8) is 0 Å². The number of hydrogen-bond acceptors (Lipinski definition) is 3. The second-order valence-electron chi connectivity index (χ2n) is 16.0. The van der Waals surface area contributed by atoms with Gasteiger partial charge in [-0.3, -0.25) is 0 Å². The summed E-state index contributed by atoms with van der Waals surface area (Å²) < 4.78 is 11.9. The highest BCUT2D eigenvalue weighted by Crippen LogP contribution is 2.48. The number of thiophene rings is 1. The van der Waals surface area contributed by atoms with Gasteiger partial charge in [0.1, 0.15) is 11.2 Å². The van der Waals surface area contributed by atoms with E-state index in [0.29, 0.717) is 0 Å². The van der Waals surface area contributed by atoms with Gasteiger partial charge in [0.05, 0.1) is 27.8 Å². The van der Waals surface area contributed by atoms with E-state index in [1.54, 1.807) is 0 Å². The van der Waals surface area contributed by atoms with E-state index in [-0.39, 0.29) is 0 Å². The average molecular weight is 809 g/mol. The Bertz CT molecular complexity index is 3810. The van der Waals surface area contributed by atoms with Gasteiger partial charge in [-0.25, -0.2) is 0 Å². The van der Waals surface area contributed by atoms with E-state index in [1.807, 2.05) is 11.3 Å². The molecule has 0 aliphatic rings. The zero-order valence-electron chi connectivity index (χ0n) is 33.5. The molecule has 0 aliphatic heterocycles. The minimum Gasteiger partial charge on any atom is -0.455 e. The van der Waals surface area contributed by atoms with Crippen LogP contribution in [0.5, 0.6) is 0 Å². The van der Waals surface area contributed by atoms with Crippen molar-refractivity contribution in [2.75, 3.05) is 4.90 Å². The molecule has 0 bridgehead atoms. The van der Waals surface area contributed by atoms with Crippen molar-refractivity contribution in [2.24, 2.45) is 0 Å². The maximum Gasteiger partial charge on any atom is 0.145 e. The molecule has 0 fully saturated rings. The van der Waals surface area contributed by atoms with Crippen molar-refractivity contribution in [3.05, 3.63) is 218 Å². The average Bonchev–Trinajstić information content (AvgIpc) is 4.02. The van der Waals surface area contributed by atoms with Crippen LogP contribution in [-0.2, 0) is 0 Å². The van der Waals surface area contributed by atoms with Gasteiger partial charge in [0.15, 0.2) is 0 Å². The fourth-order valence-corrected chi connectivity index (χ4v) is 10.8. The first-order valence-electron chi connectivity index (χ1n) is 21.1. The summed E-state index contributed by atoms with van der Waals surface area (Å²) in [5.41, 5.74) is 13.0. The van der Waals surface area contributed by atoms with Gasteiger partial charge in [0, 0.05) is 58.7 Å². The van der Waals surface area contributed by atoms with Crippen molar-refractivity contribution in [1.29, 1.82) is 0 Å². The second kappa shape index (κ2) is 13.8. The Labute approximate surface area is 361 Å². The Morgan fingerprint density at radius 3 is 1.81 bits per heavy atom. The maximum atomic E-state index is 6.91. The van der Waals surface area contributed by atoms with Gasteiger partial charge in [-0.05, 0) is 101 Å². The Kier molecular flexibility index (Phi) is 7.78. The highest BCUT2D eigenvalue weighted by Gasteiger charge is 2.24. The number of para-hydroxylation sites is 3. The van der Waals surface area contributed by atoms with Crippen LogP contribution in [0.2, 0.25) is 0 Å². The van der Waals surface area contributed by atoms with Gasteiger partial charge >= 0.3 is 0 Å². The molecule has 0 atom stereocenters. The topological polar surface area (TPSA) is 21.3 Å². The van der Waals surface area contributed by atoms with Crippen LogP contribution in [0, 0.1) is 0 Å². The van der Waals surface area contributed by atoms with E-state index < -0.39 is 0 Å². The molecule has 0 saturated heterocycles. The molecule has 3 aromatic heterocycles. The normalized spacial score (nSPS) is 11.9. The lowest BCUT2D eigenvalue weighted by atomic mass is 9.98. The largest absolute Gasteiger partial charge is 0.455 e. The third-order valence-electron chi connectivity index (χ3n) is 12.6. The Morgan fingerprint density at radius 2 is 1.02 bits per heavy atom. The molecule has 290 valence electrons. The molecule has 3 nitrogen and oxygen atoms in total. The van der Waals surface area contributed by atoms with Gasteiger partial charge in [-0.15, -0.1) is 11.3 Å². The minimum atomic E-state index is 0.864. The number of rotatable bonds is 6. The number of aromatic nitrogens is 1. The van der Waals surface area contributed by atoms with Gasteiger partial charge in [-0.1, -0.05) is 140 Å². The summed E-state index contributed by atoms with van der Waals surface area (Å²) in [6.45, 7) is 0. The number of benzene rings is 10. The summed E-state index contributed by atoms with van der Waals surface area (Å²) in [6, 6.07) is 79.1. The first-order chi connectivity index (χ1) is 30.7. The first-order valence-corrected chi connectivity index (χ1v) is 21.9. The SMILES string of the molecule is c1ccc2c(N(c3ccc(-c4ccc5sc6ccccc6c5c4)cc3)c3ccc(-c4ccc(-n5c6ccccc6c6ccccc65)cc4)c4oc5ccccc5c34)cccc2c1. The molecule has 4 heteroatoms. The van der Waals surface area contributed by atoms with E-state index in [4.69, 9.17) is 4.42 Å². The van der Waals surface area contributed by atoms with Gasteiger partial charge in [0.2, 0.25) is 0 Å². The Hall–Kier alpha value is -7.92. The molecule has 13 aromatic rings. The van der Waals surface area contributed by atoms with Crippen molar-refractivity contribution in [2.45, 2.75) is 0 Å². The van der Waals surface area contributed by atoms with E-state index in [1.165, 1.54) is 63.9 Å². The summed E-state index contributed by atoms with van der Waals surface area (Å²) in [6.07, 6.45) is 0. The second-order valence-corrected chi connectivity index (χ2v) is 17.1. The predicted octanol–water partition coefficient (Wildman–Crippen LogP) is 17.0. The van der Waals surface area contributed by atoms with Crippen molar-refractivity contribution >= 4 is 103 Å². The molecule has 0 radical (unpaired) electrons. The lowest BCUT2D eigenvalue weighted by molar-refractivity contribution is 0.670. The van der Waals surface area contributed by atoms with Crippen LogP contribution in [0.4, 0.5) is 17.1 Å². The van der Waals surface area contributed by atoms with Gasteiger partial charge in [0.25, 0.3) is 0 Å². The Balaban J connectivity index is 0.977. The molecule has 0 spiro atoms. The first kappa shape index (κ1) is 34.9. The summed E-state index contributed by atoms with van der Waals surface area (Å²) >= 11 is 1.85. The minimum absolute atomic E-state index is 0.864. The molecule has 0 N–H and O–H groups in total. The molecular formula is C58H36N2OS. The summed E-state index contributed by atoms with van der Waals surface area (Å²) in [5, 5.41) is 9.66. The molecule has 13 rings (SSSR count). The van der Waals surface area contributed by atoms with Crippen molar-refractivity contribution in [3.8, 4) is 27.9 Å². The van der Waals surface area contributed by atoms with Crippen LogP contribution in [0.1, 0.15) is 0 Å². The van der Waals surface area contributed by atoms with Crippen LogP contribution in [0.15, 0.2) is 223 Å². The van der Waals surface area contributed by atoms with Crippen molar-refractivity contribution < 1.29 is 4.42 Å². The quantitative estimate of drug-likeness (QED) is 0.167. The fourth-order valence-electron chi connectivity index (χ4n) is 9.73. The van der Waals surface area contributed by atoms with E-state index in [9.17, 15) is 0 Å². The highest BCUT2D eigenvalue weighted by molar-refractivity contribution is 7.25. The van der Waals surface area contributed by atoms with Crippen LogP contribution < -0.4 is 4.90 Å². The molecule has 10 aromatic carbocycles. The van der Waals surface area contributed by atoms with Gasteiger partial charge < -0.3 is 13.9 Å². The highest BCUT2D eigenvalue weighted by atomic mass is 32.1. The molecule has 62 heavy (non-hydrogen) atoms. The lowest BCUT2D eigenvalue weighted by Crippen LogP contribution is -2.11. The molecule has 0 unspecified atom stereocenters. The van der Waals surface area contributed by atoms with Crippen LogP contribution in [-0.4, -0.2) is 4.57 Å². The molecule has 0 aliphatic carbocycles. The standard InChI is InChI=1S/C58H36N2OS/c1-2-14-43-38(12-1)13-11-21-50(43)60(42-29-24-37(25-30-42)40-28-35-56-49(36-40)47-17-6-10-23-55(47)62-56)53-34-33-44(58-57(53)48-18-5-9-22-54(48)61-58)39-26-31-41(32-27-39)59-51-19-7-3-15-45(51)46-16-4-8-20-52(46)59/h1-36H. The van der Waals surface area contributed by atoms with E-state index in [2.05, 4.69) is 228 Å². The number of hydrogen-bond donors (Lipinski definition) is 0. The Morgan fingerprint density at radius 1 is 0.403 bits per heavy atom. The van der Waals surface area contributed by atoms with E-state index >= 15 is 0 Å². The fraction of sp³-hybridized carbons (Fsp3) is 0. The number of nitrogens with zero attached hydrogens (tertiary/aromatic N) is 2. The summed E-state index contributed by atoms with van der Waals surface area (Å²) in [7, 11) is 0. The number of anilines is 3. The predicted molar refractivity (Wildman–Crippen MR) is 264 cm³/mol. The maximum absolute atomic E-state index is 6.91. The van der Waals surface area contributed by atoms with Crippen LogP contribution >= 0.6 is 11.3 Å². The summed E-state index contributed by atoms with van der Waals surface area (Å²) in [4.78, 5) is 2.42. The smallest absolute Gasteiger partial charge is 0.145 e. The molecule has 0 saturated carbocycles. The lowest BCUT2D eigenvalue weighted by Gasteiger charge is -2.28. The van der Waals surface area contributed by atoms with Crippen molar-refractivity contribution in [1.82, 2.24) is 4.57 Å². The monoisotopic (exact) mass is 808 g/mol. The third kappa shape index (κ3) is 5.37. The zero-order valence-corrected chi connectivity index (χ0v) is 34.3.